The maximum Gasteiger partial charge on any atom is 0.416 e. The molecule has 0 spiro atoms. The number of nitrogens with one attached hydrogen (secondary N) is 1. The van der Waals surface area contributed by atoms with Gasteiger partial charge in [-0.15, -0.1) is 0 Å². The predicted octanol–water partition coefficient (Wildman–Crippen LogP) is 3.93. The van der Waals surface area contributed by atoms with E-state index in [9.17, 15) is 26.4 Å². The Balaban J connectivity index is 1.59. The van der Waals surface area contributed by atoms with Gasteiger partial charge in [0.05, 0.1) is 22.4 Å². The van der Waals surface area contributed by atoms with Crippen molar-refractivity contribution in [2.75, 3.05) is 35.1 Å². The van der Waals surface area contributed by atoms with E-state index in [1.807, 2.05) is 0 Å². The number of amides is 1. The van der Waals surface area contributed by atoms with Gasteiger partial charge in [0.15, 0.2) is 0 Å². The van der Waals surface area contributed by atoms with Gasteiger partial charge in [0, 0.05) is 25.4 Å². The molecule has 0 aliphatic carbocycles. The Bertz CT molecular complexity index is 1090. The molecule has 0 unspecified atom stereocenters. The van der Waals surface area contributed by atoms with Crippen LogP contribution >= 0.6 is 0 Å². The van der Waals surface area contributed by atoms with Crippen molar-refractivity contribution in [3.05, 3.63) is 59.7 Å². The number of anilines is 2. The van der Waals surface area contributed by atoms with Crippen molar-refractivity contribution in [2.45, 2.75) is 30.9 Å². The third-order valence-corrected chi connectivity index (χ3v) is 7.91. The summed E-state index contributed by atoms with van der Waals surface area (Å²) in [6.07, 6.45) is -3.44. The fourth-order valence-corrected chi connectivity index (χ4v) is 5.82. The van der Waals surface area contributed by atoms with Crippen LogP contribution in [-0.2, 0) is 31.1 Å². The van der Waals surface area contributed by atoms with Crippen molar-refractivity contribution in [3.8, 4) is 0 Å². The molecule has 2 aromatic rings. The minimum Gasteiger partial charge on any atom is -0.381 e. The molecule has 0 saturated carbocycles. The zero-order valence-corrected chi connectivity index (χ0v) is 18.0. The Kier molecular flexibility index (Phi) is 5.93. The zero-order chi connectivity index (χ0) is 23.0. The third-order valence-electron chi connectivity index (χ3n) is 6.04. The highest BCUT2D eigenvalue weighted by molar-refractivity contribution is 7.93. The van der Waals surface area contributed by atoms with Gasteiger partial charge in [-0.2, -0.15) is 13.2 Å². The highest BCUT2D eigenvalue weighted by Crippen LogP contribution is 2.39. The molecular weight excluding hydrogens is 445 g/mol. The van der Waals surface area contributed by atoms with Gasteiger partial charge in [-0.1, -0.05) is 18.2 Å². The topological polar surface area (TPSA) is 75.7 Å². The monoisotopic (exact) mass is 468 g/mol. The number of carbonyl (C=O) groups excluding carboxylic acids is 1. The SMILES string of the molecule is O=C(Nc1ccc(N2CCCS2(=O)=O)cc1)C1(c2cccc(C(F)(F)F)c2)CCOCC1. The maximum absolute atomic E-state index is 13.3. The second-order valence-corrected chi connectivity index (χ2v) is 10.0. The van der Waals surface area contributed by atoms with E-state index in [4.69, 9.17) is 4.74 Å². The molecule has 2 fully saturated rings. The number of hydrogen-bond acceptors (Lipinski definition) is 4. The van der Waals surface area contributed by atoms with Crippen LogP contribution in [0.15, 0.2) is 48.5 Å². The van der Waals surface area contributed by atoms with Crippen molar-refractivity contribution in [2.24, 2.45) is 0 Å². The molecule has 0 atom stereocenters. The van der Waals surface area contributed by atoms with Gasteiger partial charge in [0.2, 0.25) is 15.9 Å². The summed E-state index contributed by atoms with van der Waals surface area (Å²) in [7, 11) is -3.31. The van der Waals surface area contributed by atoms with E-state index in [1.54, 1.807) is 30.3 Å². The minimum absolute atomic E-state index is 0.104. The fraction of sp³-hybridized carbons (Fsp3) is 0.409. The summed E-state index contributed by atoms with van der Waals surface area (Å²) in [5.41, 5.74) is -0.707. The number of benzene rings is 2. The minimum atomic E-state index is -4.51. The van der Waals surface area contributed by atoms with Crippen LogP contribution in [0.5, 0.6) is 0 Å². The van der Waals surface area contributed by atoms with Crippen molar-refractivity contribution < 1.29 is 31.1 Å². The van der Waals surface area contributed by atoms with Gasteiger partial charge >= 0.3 is 6.18 Å². The summed E-state index contributed by atoms with van der Waals surface area (Å²) in [4.78, 5) is 13.3. The van der Waals surface area contributed by atoms with E-state index in [0.29, 0.717) is 29.9 Å². The summed E-state index contributed by atoms with van der Waals surface area (Å²) in [6, 6.07) is 11.3. The van der Waals surface area contributed by atoms with E-state index < -0.39 is 33.1 Å². The van der Waals surface area contributed by atoms with E-state index in [-0.39, 0.29) is 31.8 Å². The third kappa shape index (κ3) is 4.33. The molecule has 0 bridgehead atoms. The summed E-state index contributed by atoms with van der Waals surface area (Å²) in [6.45, 7) is 0.928. The first-order valence-corrected chi connectivity index (χ1v) is 11.9. The van der Waals surface area contributed by atoms with Crippen molar-refractivity contribution in [3.63, 3.8) is 0 Å². The first-order chi connectivity index (χ1) is 15.1. The number of nitrogens with zero attached hydrogens (tertiary/aromatic N) is 1. The van der Waals surface area contributed by atoms with Crippen LogP contribution in [-0.4, -0.2) is 39.8 Å². The highest BCUT2D eigenvalue weighted by atomic mass is 32.2. The molecule has 6 nitrogen and oxygen atoms in total. The number of sulfonamides is 1. The van der Waals surface area contributed by atoms with Crippen molar-refractivity contribution in [1.82, 2.24) is 0 Å². The van der Waals surface area contributed by atoms with Crippen LogP contribution < -0.4 is 9.62 Å². The van der Waals surface area contributed by atoms with E-state index in [0.717, 1.165) is 12.1 Å². The number of halogens is 3. The second-order valence-electron chi connectivity index (χ2n) is 8.02. The smallest absolute Gasteiger partial charge is 0.381 e. The van der Waals surface area contributed by atoms with Gasteiger partial charge < -0.3 is 10.1 Å². The van der Waals surface area contributed by atoms with E-state index >= 15 is 0 Å². The average Bonchev–Trinajstić information content (AvgIpc) is 3.13. The summed E-state index contributed by atoms with van der Waals surface area (Å²) < 4.78 is 70.7. The van der Waals surface area contributed by atoms with Gasteiger partial charge in [0.1, 0.15) is 0 Å². The number of alkyl halides is 3. The Morgan fingerprint density at radius 1 is 1.06 bits per heavy atom. The zero-order valence-electron chi connectivity index (χ0n) is 17.2. The molecule has 0 aromatic heterocycles. The maximum atomic E-state index is 13.3. The normalized spacial score (nSPS) is 20.2. The second kappa shape index (κ2) is 8.40. The molecule has 2 heterocycles. The number of carbonyl (C=O) groups is 1. The van der Waals surface area contributed by atoms with Crippen molar-refractivity contribution >= 4 is 27.3 Å². The summed E-state index contributed by atoms with van der Waals surface area (Å²) >= 11 is 0. The molecule has 1 amide bonds. The van der Waals surface area contributed by atoms with Crippen LogP contribution in [0.25, 0.3) is 0 Å². The quantitative estimate of drug-likeness (QED) is 0.738. The first kappa shape index (κ1) is 22.6. The Labute approximate surface area is 184 Å². The Hall–Kier alpha value is -2.59. The van der Waals surface area contributed by atoms with Gasteiger partial charge in [-0.05, 0) is 55.2 Å². The lowest BCUT2D eigenvalue weighted by molar-refractivity contribution is -0.138. The van der Waals surface area contributed by atoms with Crippen LogP contribution in [0, 0.1) is 0 Å². The lowest BCUT2D eigenvalue weighted by atomic mass is 9.73. The average molecular weight is 468 g/mol. The van der Waals surface area contributed by atoms with Crippen LogP contribution in [0.3, 0.4) is 0 Å². The molecule has 0 radical (unpaired) electrons. The number of hydrogen-bond donors (Lipinski definition) is 1. The summed E-state index contributed by atoms with van der Waals surface area (Å²) in [5, 5.41) is 2.80. The van der Waals surface area contributed by atoms with Crippen molar-refractivity contribution in [1.29, 1.82) is 0 Å². The highest BCUT2D eigenvalue weighted by Gasteiger charge is 2.43. The Morgan fingerprint density at radius 2 is 1.75 bits per heavy atom. The first-order valence-electron chi connectivity index (χ1n) is 10.3. The Morgan fingerprint density at radius 3 is 2.34 bits per heavy atom. The molecule has 2 saturated heterocycles. The molecule has 4 rings (SSSR count). The van der Waals surface area contributed by atoms with E-state index in [1.165, 1.54) is 10.4 Å². The lowest BCUT2D eigenvalue weighted by Crippen LogP contribution is -2.45. The standard InChI is InChI=1S/C22H23F3N2O4S/c23-22(24,25)17-4-1-3-16(15-17)21(9-12-31-13-10-21)20(28)26-18-5-7-19(8-6-18)27-11-2-14-32(27,29)30/h1,3-8,15H,2,9-14H2,(H,26,28). The molecule has 172 valence electrons. The molecule has 1 N–H and O–H groups in total. The van der Waals surface area contributed by atoms with Gasteiger partial charge in [-0.25, -0.2) is 8.42 Å². The van der Waals surface area contributed by atoms with Crippen LogP contribution in [0.1, 0.15) is 30.4 Å². The largest absolute Gasteiger partial charge is 0.416 e. The molecule has 32 heavy (non-hydrogen) atoms. The van der Waals surface area contributed by atoms with E-state index in [2.05, 4.69) is 5.32 Å². The molecule has 10 heteroatoms. The molecule has 2 aromatic carbocycles. The molecular formula is C22H23F3N2O4S. The predicted molar refractivity (Wildman–Crippen MR) is 114 cm³/mol. The number of rotatable bonds is 4. The van der Waals surface area contributed by atoms with Crippen LogP contribution in [0.2, 0.25) is 0 Å². The van der Waals surface area contributed by atoms with Crippen LogP contribution in [0.4, 0.5) is 24.5 Å². The molecule has 2 aliphatic heterocycles. The molecule has 2 aliphatic rings. The lowest BCUT2D eigenvalue weighted by Gasteiger charge is -2.36. The summed E-state index contributed by atoms with van der Waals surface area (Å²) in [5.74, 6) is -0.311. The fourth-order valence-electron chi connectivity index (χ4n) is 4.25. The number of ether oxygens (including phenoxy) is 1. The van der Waals surface area contributed by atoms with Gasteiger partial charge in [-0.3, -0.25) is 9.10 Å². The van der Waals surface area contributed by atoms with Gasteiger partial charge in [0.25, 0.3) is 0 Å².